The molecular formula is C25H19F4N3O3S. The summed E-state index contributed by atoms with van der Waals surface area (Å²) in [6, 6.07) is 9.83. The van der Waals surface area contributed by atoms with Gasteiger partial charge in [-0.3, -0.25) is 4.79 Å². The van der Waals surface area contributed by atoms with Crippen LogP contribution in [0.4, 0.5) is 17.6 Å². The molecule has 186 valence electrons. The van der Waals surface area contributed by atoms with E-state index in [1.165, 1.54) is 12.1 Å². The van der Waals surface area contributed by atoms with Crippen LogP contribution in [0.3, 0.4) is 0 Å². The number of pyridine rings is 1. The highest BCUT2D eigenvalue weighted by atomic mass is 32.1. The zero-order valence-corrected chi connectivity index (χ0v) is 19.5. The van der Waals surface area contributed by atoms with E-state index in [0.717, 1.165) is 34.8 Å². The molecule has 0 atom stereocenters. The SMILES string of the molecule is O=C(O)c1ccc(CC(=O)N2CCc3c(n(Cc4ccc(C(F)(F)F)s4)c4ncccc34)C2)cc1F. The number of carbonyl (C=O) groups excluding carboxylic acids is 1. The monoisotopic (exact) mass is 517 g/mol. The van der Waals surface area contributed by atoms with Gasteiger partial charge in [0.05, 0.1) is 25.1 Å². The molecule has 4 aromatic rings. The normalized spacial score (nSPS) is 13.7. The number of rotatable bonds is 5. The van der Waals surface area contributed by atoms with Gasteiger partial charge in [0.15, 0.2) is 0 Å². The Labute approximate surface area is 206 Å². The van der Waals surface area contributed by atoms with E-state index in [2.05, 4.69) is 4.98 Å². The fraction of sp³-hybridized carbons (Fsp3) is 0.240. The summed E-state index contributed by atoms with van der Waals surface area (Å²) in [7, 11) is 0. The molecule has 1 aromatic carbocycles. The number of halogens is 4. The van der Waals surface area contributed by atoms with Crippen molar-refractivity contribution in [1.29, 1.82) is 0 Å². The lowest BCUT2D eigenvalue weighted by Gasteiger charge is -2.28. The molecule has 0 radical (unpaired) electrons. The Morgan fingerprint density at radius 1 is 1.14 bits per heavy atom. The van der Waals surface area contributed by atoms with Gasteiger partial charge >= 0.3 is 12.1 Å². The maximum Gasteiger partial charge on any atom is 0.425 e. The maximum absolute atomic E-state index is 14.1. The first-order valence-electron chi connectivity index (χ1n) is 11.0. The van der Waals surface area contributed by atoms with Gasteiger partial charge in [0.1, 0.15) is 16.3 Å². The van der Waals surface area contributed by atoms with Crippen LogP contribution in [0.5, 0.6) is 0 Å². The lowest BCUT2D eigenvalue weighted by atomic mass is 10.0. The van der Waals surface area contributed by atoms with Crippen molar-refractivity contribution in [3.05, 3.63) is 86.6 Å². The number of carboxylic acid groups (broad SMARTS) is 1. The predicted molar refractivity (Wildman–Crippen MR) is 124 cm³/mol. The molecule has 0 fully saturated rings. The molecule has 3 aromatic heterocycles. The second kappa shape index (κ2) is 9.05. The largest absolute Gasteiger partial charge is 0.478 e. The van der Waals surface area contributed by atoms with Crippen LogP contribution in [-0.4, -0.2) is 38.0 Å². The van der Waals surface area contributed by atoms with Crippen LogP contribution in [0.1, 0.15) is 36.9 Å². The van der Waals surface area contributed by atoms with Crippen LogP contribution in [0.25, 0.3) is 11.0 Å². The Hall–Kier alpha value is -3.73. The van der Waals surface area contributed by atoms with Gasteiger partial charge in [0.2, 0.25) is 5.91 Å². The third-order valence-corrected chi connectivity index (χ3v) is 7.36. The third-order valence-electron chi connectivity index (χ3n) is 6.24. The molecule has 0 saturated heterocycles. The Morgan fingerprint density at radius 2 is 1.94 bits per heavy atom. The number of nitrogens with zero attached hydrogens (tertiary/aromatic N) is 3. The highest BCUT2D eigenvalue weighted by Gasteiger charge is 2.33. The zero-order valence-electron chi connectivity index (χ0n) is 18.7. The first-order chi connectivity index (χ1) is 17.1. The molecule has 1 aliphatic rings. The summed E-state index contributed by atoms with van der Waals surface area (Å²) in [5.41, 5.74) is 2.34. The van der Waals surface area contributed by atoms with Crippen molar-refractivity contribution in [3.8, 4) is 0 Å². The number of benzene rings is 1. The first kappa shape index (κ1) is 24.0. The van der Waals surface area contributed by atoms with Crippen molar-refractivity contribution in [2.45, 2.75) is 32.1 Å². The number of hydrogen-bond acceptors (Lipinski definition) is 4. The fourth-order valence-corrected chi connectivity index (χ4v) is 5.41. The van der Waals surface area contributed by atoms with Crippen LogP contribution >= 0.6 is 11.3 Å². The second-order valence-electron chi connectivity index (χ2n) is 8.51. The van der Waals surface area contributed by atoms with Crippen LogP contribution < -0.4 is 0 Å². The van der Waals surface area contributed by atoms with Gasteiger partial charge < -0.3 is 14.6 Å². The number of aromatic nitrogens is 2. The minimum atomic E-state index is -4.41. The third kappa shape index (κ3) is 4.46. The van der Waals surface area contributed by atoms with Gasteiger partial charge in [-0.15, -0.1) is 11.3 Å². The van der Waals surface area contributed by atoms with Gasteiger partial charge in [-0.1, -0.05) is 6.07 Å². The summed E-state index contributed by atoms with van der Waals surface area (Å²) < 4.78 is 55.2. The van der Waals surface area contributed by atoms with Crippen molar-refractivity contribution in [1.82, 2.24) is 14.5 Å². The van der Waals surface area contributed by atoms with Gasteiger partial charge in [-0.25, -0.2) is 14.2 Å². The van der Waals surface area contributed by atoms with Gasteiger partial charge in [0, 0.05) is 28.7 Å². The highest BCUT2D eigenvalue weighted by Crippen LogP contribution is 2.36. The van der Waals surface area contributed by atoms with Crippen LogP contribution in [-0.2, 0) is 36.9 Å². The van der Waals surface area contributed by atoms with E-state index < -0.39 is 28.4 Å². The minimum absolute atomic E-state index is 0.107. The van der Waals surface area contributed by atoms with E-state index in [1.807, 2.05) is 10.6 Å². The number of thiophene rings is 1. The summed E-state index contributed by atoms with van der Waals surface area (Å²) in [4.78, 5) is 30.0. The quantitative estimate of drug-likeness (QED) is 0.373. The van der Waals surface area contributed by atoms with Crippen molar-refractivity contribution >= 4 is 34.2 Å². The Kier molecular flexibility index (Phi) is 6.03. The second-order valence-corrected chi connectivity index (χ2v) is 9.68. The average molecular weight is 518 g/mol. The average Bonchev–Trinajstić information content (AvgIpc) is 3.42. The topological polar surface area (TPSA) is 75.4 Å². The molecular weight excluding hydrogens is 498 g/mol. The number of hydrogen-bond donors (Lipinski definition) is 1. The molecule has 5 rings (SSSR count). The van der Waals surface area contributed by atoms with E-state index in [0.29, 0.717) is 40.4 Å². The first-order valence-corrected chi connectivity index (χ1v) is 11.8. The van der Waals surface area contributed by atoms with Crippen molar-refractivity contribution in [2.24, 2.45) is 0 Å². The standard InChI is InChI=1S/C25H19F4N3O3S/c26-19-10-14(3-5-18(19)24(34)35)11-22(33)31-9-7-16-17-2-1-8-30-23(17)32(20(16)13-31)12-15-4-6-21(36-15)25(27,28)29/h1-6,8,10H,7,9,11-13H2,(H,34,35). The minimum Gasteiger partial charge on any atom is -0.478 e. The summed E-state index contributed by atoms with van der Waals surface area (Å²) in [5, 5.41) is 9.89. The molecule has 1 aliphatic heterocycles. The Balaban J connectivity index is 1.42. The number of carbonyl (C=O) groups is 2. The van der Waals surface area contributed by atoms with E-state index in [9.17, 15) is 27.2 Å². The molecule has 1 amide bonds. The Morgan fingerprint density at radius 3 is 2.64 bits per heavy atom. The number of amides is 1. The number of carboxylic acids is 1. The summed E-state index contributed by atoms with van der Waals surface area (Å²) in [6.45, 7) is 0.845. The molecule has 0 spiro atoms. The van der Waals surface area contributed by atoms with Crippen LogP contribution in [0.15, 0.2) is 48.7 Å². The molecule has 6 nitrogen and oxygen atoms in total. The van der Waals surface area contributed by atoms with E-state index in [4.69, 9.17) is 5.11 Å². The molecule has 0 aliphatic carbocycles. The number of fused-ring (bicyclic) bond motifs is 3. The fourth-order valence-electron chi connectivity index (χ4n) is 4.54. The predicted octanol–water partition coefficient (Wildman–Crippen LogP) is 5.13. The van der Waals surface area contributed by atoms with Gasteiger partial charge in [-0.2, -0.15) is 13.2 Å². The van der Waals surface area contributed by atoms with Gasteiger partial charge in [0.25, 0.3) is 0 Å². The van der Waals surface area contributed by atoms with Gasteiger partial charge in [-0.05, 0) is 53.9 Å². The lowest BCUT2D eigenvalue weighted by Crippen LogP contribution is -2.37. The van der Waals surface area contributed by atoms with E-state index in [1.54, 1.807) is 17.2 Å². The molecule has 0 bridgehead atoms. The molecule has 36 heavy (non-hydrogen) atoms. The van der Waals surface area contributed by atoms with Crippen molar-refractivity contribution < 1.29 is 32.3 Å². The zero-order chi connectivity index (χ0) is 25.6. The van der Waals surface area contributed by atoms with Crippen molar-refractivity contribution in [3.63, 3.8) is 0 Å². The summed E-state index contributed by atoms with van der Waals surface area (Å²) >= 11 is 0.679. The number of alkyl halides is 3. The lowest BCUT2D eigenvalue weighted by molar-refractivity contribution is -0.134. The maximum atomic E-state index is 14.1. The Bertz CT molecular complexity index is 1490. The van der Waals surface area contributed by atoms with Crippen molar-refractivity contribution in [2.75, 3.05) is 6.54 Å². The molecule has 4 heterocycles. The molecule has 0 unspecified atom stereocenters. The van der Waals surface area contributed by atoms with E-state index in [-0.39, 0.29) is 25.4 Å². The summed E-state index contributed by atoms with van der Waals surface area (Å²) in [6.07, 6.45) is -2.35. The summed E-state index contributed by atoms with van der Waals surface area (Å²) in [5.74, 6) is -2.55. The molecule has 0 saturated carbocycles. The molecule has 11 heteroatoms. The highest BCUT2D eigenvalue weighted by molar-refractivity contribution is 7.12. The smallest absolute Gasteiger partial charge is 0.425 e. The van der Waals surface area contributed by atoms with Crippen LogP contribution in [0.2, 0.25) is 0 Å². The van der Waals surface area contributed by atoms with Crippen LogP contribution in [0, 0.1) is 5.82 Å². The number of aromatic carboxylic acids is 1. The molecule has 1 N–H and O–H groups in total. The van der Waals surface area contributed by atoms with E-state index >= 15 is 0 Å².